The molecule has 68 valence electrons. The molecule has 0 heterocycles. The Kier molecular flexibility index (Phi) is 3.73. The van der Waals surface area contributed by atoms with Crippen molar-refractivity contribution in [1.82, 2.24) is 0 Å². The van der Waals surface area contributed by atoms with Gasteiger partial charge in [-0.15, -0.1) is 0 Å². The smallest absolute Gasteiger partial charge is 0.293 e. The summed E-state index contributed by atoms with van der Waals surface area (Å²) < 4.78 is 35.4. The third-order valence-electron chi connectivity index (χ3n) is 1.24. The molecule has 0 aromatic carbocycles. The molecule has 0 aliphatic carbocycles. The van der Waals surface area contributed by atoms with Crippen LogP contribution in [-0.4, -0.2) is 18.9 Å². The number of rotatable bonds is 2. The lowest BCUT2D eigenvalue weighted by Gasteiger charge is -2.03. The molecule has 0 aromatic rings. The summed E-state index contributed by atoms with van der Waals surface area (Å²) >= 11 is 0. The summed E-state index contributed by atoms with van der Waals surface area (Å²) in [6.45, 7) is 4.48. The van der Waals surface area contributed by atoms with E-state index in [0.29, 0.717) is 5.71 Å². The van der Waals surface area contributed by atoms with Gasteiger partial charge < -0.3 is 0 Å². The number of halogens is 3. The van der Waals surface area contributed by atoms with E-state index in [-0.39, 0.29) is 0 Å². The molecular formula is C8H10F3N. The second kappa shape index (κ2) is 4.09. The highest BCUT2D eigenvalue weighted by Gasteiger charge is 2.29. The van der Waals surface area contributed by atoms with E-state index in [0.717, 1.165) is 6.08 Å². The van der Waals surface area contributed by atoms with E-state index < -0.39 is 11.7 Å². The van der Waals surface area contributed by atoms with Crippen LogP contribution in [0.5, 0.6) is 0 Å². The number of nitrogens with zero attached hydrogens (tertiary/aromatic N) is 1. The zero-order valence-electron chi connectivity index (χ0n) is 6.94. The molecule has 0 aromatic heterocycles. The van der Waals surface area contributed by atoms with E-state index in [9.17, 15) is 13.2 Å². The molecule has 0 amide bonds. The Morgan fingerprint density at radius 2 is 1.83 bits per heavy atom. The lowest BCUT2D eigenvalue weighted by Crippen LogP contribution is -2.08. The van der Waals surface area contributed by atoms with Crippen LogP contribution in [0, 0.1) is 0 Å². The summed E-state index contributed by atoms with van der Waals surface area (Å²) in [6, 6.07) is 0. The molecular weight excluding hydrogens is 167 g/mol. The van der Waals surface area contributed by atoms with Gasteiger partial charge >= 0.3 is 6.18 Å². The van der Waals surface area contributed by atoms with Crippen LogP contribution in [0.25, 0.3) is 0 Å². The Morgan fingerprint density at radius 3 is 2.17 bits per heavy atom. The summed E-state index contributed by atoms with van der Waals surface area (Å²) in [5, 5.41) is 0. The fraction of sp³-hybridized carbons (Fsp3) is 0.375. The molecule has 0 atom stereocenters. The largest absolute Gasteiger partial charge is 0.415 e. The number of alkyl halides is 3. The minimum Gasteiger partial charge on any atom is -0.293 e. The summed E-state index contributed by atoms with van der Waals surface area (Å²) in [7, 11) is 1.51. The fourth-order valence-electron chi connectivity index (χ4n) is 0.390. The van der Waals surface area contributed by atoms with Crippen LogP contribution in [0.2, 0.25) is 0 Å². The Labute approximate surface area is 69.3 Å². The standard InChI is InChI=1S/C8H10F3N/c1-6(8(9,10)11)4-5-7(2)12-3/h4-5H,1H2,2-3H3/b5-4-,12-7-. The molecule has 0 saturated carbocycles. The maximum atomic E-state index is 11.8. The number of aliphatic imine (C=N–C) groups is 1. The van der Waals surface area contributed by atoms with Gasteiger partial charge in [-0.3, -0.25) is 4.99 Å². The monoisotopic (exact) mass is 177 g/mol. The molecule has 0 fully saturated rings. The van der Waals surface area contributed by atoms with Crippen LogP contribution in [-0.2, 0) is 0 Å². The van der Waals surface area contributed by atoms with E-state index in [1.165, 1.54) is 13.1 Å². The van der Waals surface area contributed by atoms with Gasteiger partial charge in [-0.2, -0.15) is 13.2 Å². The fourth-order valence-corrected chi connectivity index (χ4v) is 0.390. The van der Waals surface area contributed by atoms with Crippen molar-refractivity contribution in [2.45, 2.75) is 13.1 Å². The molecule has 0 aliphatic rings. The maximum absolute atomic E-state index is 11.8. The quantitative estimate of drug-likeness (QED) is 0.454. The first-order valence-electron chi connectivity index (χ1n) is 3.25. The minimum absolute atomic E-state index is 0.528. The third-order valence-corrected chi connectivity index (χ3v) is 1.24. The lowest BCUT2D eigenvalue weighted by molar-refractivity contribution is -0.0877. The van der Waals surface area contributed by atoms with Crippen LogP contribution in [0.3, 0.4) is 0 Å². The van der Waals surface area contributed by atoms with Gasteiger partial charge in [-0.1, -0.05) is 6.58 Å². The van der Waals surface area contributed by atoms with Crippen molar-refractivity contribution < 1.29 is 13.2 Å². The van der Waals surface area contributed by atoms with Gasteiger partial charge in [0.1, 0.15) is 0 Å². The first-order valence-corrected chi connectivity index (χ1v) is 3.25. The van der Waals surface area contributed by atoms with E-state index >= 15 is 0 Å². The van der Waals surface area contributed by atoms with E-state index in [1.807, 2.05) is 0 Å². The summed E-state index contributed by atoms with van der Waals surface area (Å²) in [4.78, 5) is 3.66. The van der Waals surface area contributed by atoms with Crippen molar-refractivity contribution in [1.29, 1.82) is 0 Å². The second-order valence-electron chi connectivity index (χ2n) is 2.22. The van der Waals surface area contributed by atoms with Crippen LogP contribution >= 0.6 is 0 Å². The molecule has 4 heteroatoms. The van der Waals surface area contributed by atoms with Gasteiger partial charge in [0.2, 0.25) is 0 Å². The van der Waals surface area contributed by atoms with Gasteiger partial charge in [0.05, 0.1) is 0 Å². The molecule has 12 heavy (non-hydrogen) atoms. The van der Waals surface area contributed by atoms with Gasteiger partial charge in [0.25, 0.3) is 0 Å². The molecule has 0 aliphatic heterocycles. The van der Waals surface area contributed by atoms with Crippen molar-refractivity contribution in [2.75, 3.05) is 7.05 Å². The Morgan fingerprint density at radius 1 is 1.33 bits per heavy atom. The topological polar surface area (TPSA) is 12.4 Å². The molecule has 0 spiro atoms. The molecule has 0 rings (SSSR count). The van der Waals surface area contributed by atoms with Gasteiger partial charge in [0, 0.05) is 18.3 Å². The van der Waals surface area contributed by atoms with Crippen molar-refractivity contribution in [3.05, 3.63) is 24.3 Å². The summed E-state index contributed by atoms with van der Waals surface area (Å²) in [5.41, 5.74) is -0.342. The van der Waals surface area contributed by atoms with Crippen LogP contribution in [0.1, 0.15) is 6.92 Å². The average Bonchev–Trinajstić information content (AvgIpc) is 1.97. The first-order chi connectivity index (χ1) is 5.38. The van der Waals surface area contributed by atoms with Gasteiger partial charge in [-0.25, -0.2) is 0 Å². The zero-order chi connectivity index (χ0) is 9.78. The molecule has 1 nitrogen and oxygen atoms in total. The second-order valence-corrected chi connectivity index (χ2v) is 2.22. The predicted octanol–water partition coefficient (Wildman–Crippen LogP) is 2.75. The summed E-state index contributed by atoms with van der Waals surface area (Å²) in [5.74, 6) is 0. The van der Waals surface area contributed by atoms with Crippen molar-refractivity contribution in [3.8, 4) is 0 Å². The van der Waals surface area contributed by atoms with Gasteiger partial charge in [0.15, 0.2) is 0 Å². The third kappa shape index (κ3) is 3.95. The number of hydrogen-bond donors (Lipinski definition) is 0. The Hall–Kier alpha value is -1.06. The van der Waals surface area contributed by atoms with Crippen LogP contribution in [0.4, 0.5) is 13.2 Å². The lowest BCUT2D eigenvalue weighted by atomic mass is 10.2. The zero-order valence-corrected chi connectivity index (χ0v) is 6.94. The van der Waals surface area contributed by atoms with E-state index in [2.05, 4.69) is 11.6 Å². The Bertz CT molecular complexity index is 223. The minimum atomic E-state index is -4.34. The highest BCUT2D eigenvalue weighted by atomic mass is 19.4. The highest BCUT2D eigenvalue weighted by molar-refractivity contribution is 5.93. The number of hydrogen-bond acceptors (Lipinski definition) is 1. The van der Waals surface area contributed by atoms with Crippen molar-refractivity contribution >= 4 is 5.71 Å². The van der Waals surface area contributed by atoms with Crippen molar-refractivity contribution in [2.24, 2.45) is 4.99 Å². The first kappa shape index (κ1) is 10.9. The highest BCUT2D eigenvalue weighted by Crippen LogP contribution is 2.24. The molecule has 0 radical (unpaired) electrons. The molecule has 0 unspecified atom stereocenters. The van der Waals surface area contributed by atoms with Crippen LogP contribution in [0.15, 0.2) is 29.3 Å². The van der Waals surface area contributed by atoms with Gasteiger partial charge in [-0.05, 0) is 19.1 Å². The van der Waals surface area contributed by atoms with E-state index in [1.54, 1.807) is 6.92 Å². The SMILES string of the molecule is C=C(/C=C\C(C)=N/C)C(F)(F)F. The molecule has 0 bridgehead atoms. The predicted molar refractivity (Wildman–Crippen MR) is 43.4 cm³/mol. The summed E-state index contributed by atoms with van der Waals surface area (Å²) in [6.07, 6.45) is -2.16. The molecule has 0 saturated heterocycles. The average molecular weight is 177 g/mol. The van der Waals surface area contributed by atoms with Crippen molar-refractivity contribution in [3.63, 3.8) is 0 Å². The maximum Gasteiger partial charge on any atom is 0.415 e. The van der Waals surface area contributed by atoms with E-state index in [4.69, 9.17) is 0 Å². The normalized spacial score (nSPS) is 13.9. The number of allylic oxidation sites excluding steroid dienone is 3. The molecule has 0 N–H and O–H groups in total. The van der Waals surface area contributed by atoms with Crippen LogP contribution < -0.4 is 0 Å². The Balaban J connectivity index is 4.29.